The molecule has 0 saturated heterocycles. The van der Waals surface area contributed by atoms with Crippen LogP contribution in [0.25, 0.3) is 0 Å². The van der Waals surface area contributed by atoms with Gasteiger partial charge in [0.25, 0.3) is 5.91 Å². The number of nitrogens with one attached hydrogen (secondary N) is 2. The molecule has 0 aromatic carbocycles. The van der Waals surface area contributed by atoms with Crippen LogP contribution in [-0.4, -0.2) is 29.2 Å². The van der Waals surface area contributed by atoms with E-state index in [0.717, 1.165) is 6.20 Å². The monoisotopic (exact) mass is 236 g/mol. The summed E-state index contributed by atoms with van der Waals surface area (Å²) in [5.74, 6) is -0.811. The first kappa shape index (κ1) is 12.5. The molecular formula is C8H11F3N4O. The quantitative estimate of drug-likeness (QED) is 0.666. The van der Waals surface area contributed by atoms with Crippen molar-refractivity contribution in [2.45, 2.75) is 12.6 Å². The number of rotatable bonds is 4. The first-order valence-corrected chi connectivity index (χ1v) is 4.55. The summed E-state index contributed by atoms with van der Waals surface area (Å²) in [5.41, 5.74) is 3.53. The van der Waals surface area contributed by atoms with Crippen LogP contribution in [0.3, 0.4) is 0 Å². The van der Waals surface area contributed by atoms with E-state index >= 15 is 0 Å². The average Bonchev–Trinajstić information content (AvgIpc) is 2.65. The van der Waals surface area contributed by atoms with Crippen LogP contribution in [0.15, 0.2) is 6.20 Å². The van der Waals surface area contributed by atoms with Gasteiger partial charge in [-0.2, -0.15) is 18.3 Å². The van der Waals surface area contributed by atoms with Crippen LogP contribution >= 0.6 is 0 Å². The van der Waals surface area contributed by atoms with E-state index in [4.69, 9.17) is 5.73 Å². The van der Waals surface area contributed by atoms with Gasteiger partial charge in [-0.3, -0.25) is 9.89 Å². The molecule has 4 N–H and O–H groups in total. The third kappa shape index (κ3) is 2.96. The fraction of sp³-hybridized carbons (Fsp3) is 0.500. The molecule has 1 amide bonds. The standard InChI is InChI=1S/C8H11F3N4O/c9-8(10,11)6-5(4-14-15-6)7(16)13-3-1-2-12/h4H,1-3,12H2,(H,13,16)(H,14,15). The summed E-state index contributed by atoms with van der Waals surface area (Å²) in [6.45, 7) is 0.593. The van der Waals surface area contributed by atoms with Crippen molar-refractivity contribution < 1.29 is 18.0 Å². The van der Waals surface area contributed by atoms with Crippen molar-refractivity contribution in [2.75, 3.05) is 13.1 Å². The van der Waals surface area contributed by atoms with E-state index in [0.29, 0.717) is 13.0 Å². The van der Waals surface area contributed by atoms with E-state index in [1.165, 1.54) is 0 Å². The Morgan fingerprint density at radius 1 is 1.56 bits per heavy atom. The maximum atomic E-state index is 12.4. The molecule has 0 aliphatic rings. The van der Waals surface area contributed by atoms with Crippen molar-refractivity contribution in [1.82, 2.24) is 15.5 Å². The summed E-state index contributed by atoms with van der Waals surface area (Å²) in [6, 6.07) is 0. The number of aromatic amines is 1. The third-order valence-electron chi connectivity index (χ3n) is 1.83. The number of hydrogen-bond donors (Lipinski definition) is 3. The van der Waals surface area contributed by atoms with Gasteiger partial charge in [0, 0.05) is 6.54 Å². The van der Waals surface area contributed by atoms with Gasteiger partial charge in [-0.15, -0.1) is 0 Å². The van der Waals surface area contributed by atoms with E-state index in [1.807, 2.05) is 0 Å². The zero-order valence-electron chi connectivity index (χ0n) is 8.27. The minimum Gasteiger partial charge on any atom is -0.352 e. The fourth-order valence-corrected chi connectivity index (χ4v) is 1.07. The largest absolute Gasteiger partial charge is 0.433 e. The Labute approximate surface area is 89.2 Å². The molecule has 5 nitrogen and oxygen atoms in total. The molecule has 90 valence electrons. The highest BCUT2D eigenvalue weighted by Crippen LogP contribution is 2.29. The zero-order valence-corrected chi connectivity index (χ0v) is 8.27. The molecule has 1 aromatic heterocycles. The normalized spacial score (nSPS) is 11.5. The second-order valence-corrected chi connectivity index (χ2v) is 3.05. The second-order valence-electron chi connectivity index (χ2n) is 3.05. The number of hydrogen-bond acceptors (Lipinski definition) is 3. The Morgan fingerprint density at radius 3 is 2.81 bits per heavy atom. The van der Waals surface area contributed by atoms with Crippen LogP contribution in [0.2, 0.25) is 0 Å². The summed E-state index contributed by atoms with van der Waals surface area (Å²) >= 11 is 0. The molecule has 1 heterocycles. The number of amides is 1. The van der Waals surface area contributed by atoms with Crippen LogP contribution < -0.4 is 11.1 Å². The van der Waals surface area contributed by atoms with Crippen molar-refractivity contribution in [1.29, 1.82) is 0 Å². The lowest BCUT2D eigenvalue weighted by atomic mass is 10.2. The summed E-state index contributed by atoms with van der Waals surface area (Å²) in [6.07, 6.45) is -3.26. The van der Waals surface area contributed by atoms with Crippen molar-refractivity contribution in [3.8, 4) is 0 Å². The molecule has 16 heavy (non-hydrogen) atoms. The maximum Gasteiger partial charge on any atom is 0.433 e. The topological polar surface area (TPSA) is 83.8 Å². The molecule has 0 fully saturated rings. The Kier molecular flexibility index (Phi) is 3.88. The Bertz CT molecular complexity index is 360. The molecule has 0 saturated carbocycles. The van der Waals surface area contributed by atoms with Gasteiger partial charge in [0.1, 0.15) is 0 Å². The second kappa shape index (κ2) is 4.97. The predicted octanol–water partition coefficient (Wildman–Crippen LogP) is 0.507. The predicted molar refractivity (Wildman–Crippen MR) is 49.6 cm³/mol. The van der Waals surface area contributed by atoms with E-state index in [-0.39, 0.29) is 6.54 Å². The minimum absolute atomic E-state index is 0.234. The summed E-state index contributed by atoms with van der Waals surface area (Å²) in [4.78, 5) is 11.3. The molecule has 1 rings (SSSR count). The third-order valence-corrected chi connectivity index (χ3v) is 1.83. The molecule has 0 aliphatic heterocycles. The molecule has 0 aliphatic carbocycles. The molecule has 0 radical (unpaired) electrons. The number of carbonyl (C=O) groups is 1. The minimum atomic E-state index is -4.61. The lowest BCUT2D eigenvalue weighted by molar-refractivity contribution is -0.141. The van der Waals surface area contributed by atoms with Gasteiger partial charge in [0.15, 0.2) is 5.69 Å². The first-order chi connectivity index (χ1) is 7.46. The Hall–Kier alpha value is -1.57. The molecule has 8 heteroatoms. The van der Waals surface area contributed by atoms with E-state index in [1.54, 1.807) is 5.10 Å². The van der Waals surface area contributed by atoms with Crippen LogP contribution in [0, 0.1) is 0 Å². The number of nitrogens with two attached hydrogens (primary N) is 1. The fourth-order valence-electron chi connectivity index (χ4n) is 1.07. The van der Waals surface area contributed by atoms with Gasteiger partial charge in [-0.25, -0.2) is 0 Å². The van der Waals surface area contributed by atoms with Gasteiger partial charge in [0.2, 0.25) is 0 Å². The number of carbonyl (C=O) groups excluding carboxylic acids is 1. The summed E-state index contributed by atoms with van der Waals surface area (Å²) in [7, 11) is 0. The Balaban J connectivity index is 2.73. The van der Waals surface area contributed by atoms with Gasteiger partial charge in [0.05, 0.1) is 11.8 Å². The SMILES string of the molecule is NCCCNC(=O)c1cn[nH]c1C(F)(F)F. The highest BCUT2D eigenvalue weighted by atomic mass is 19.4. The average molecular weight is 236 g/mol. The van der Waals surface area contributed by atoms with Gasteiger partial charge < -0.3 is 11.1 Å². The molecule has 0 bridgehead atoms. The number of halogens is 3. The first-order valence-electron chi connectivity index (χ1n) is 4.55. The summed E-state index contributed by atoms with van der Waals surface area (Å²) in [5, 5.41) is 7.28. The van der Waals surface area contributed by atoms with Crippen molar-refractivity contribution >= 4 is 5.91 Å². The number of nitrogens with zero attached hydrogens (tertiary/aromatic N) is 1. The molecule has 0 atom stereocenters. The van der Waals surface area contributed by atoms with Crippen molar-refractivity contribution in [3.05, 3.63) is 17.5 Å². The zero-order chi connectivity index (χ0) is 12.2. The van der Waals surface area contributed by atoms with Gasteiger partial charge in [-0.05, 0) is 13.0 Å². The lowest BCUT2D eigenvalue weighted by Crippen LogP contribution is -2.27. The van der Waals surface area contributed by atoms with Gasteiger partial charge >= 0.3 is 6.18 Å². The number of aromatic nitrogens is 2. The van der Waals surface area contributed by atoms with Crippen LogP contribution in [0.5, 0.6) is 0 Å². The number of alkyl halides is 3. The summed E-state index contributed by atoms with van der Waals surface area (Å²) < 4.78 is 37.1. The number of H-pyrrole nitrogens is 1. The van der Waals surface area contributed by atoms with E-state index < -0.39 is 23.3 Å². The maximum absolute atomic E-state index is 12.4. The highest BCUT2D eigenvalue weighted by molar-refractivity contribution is 5.95. The molecular weight excluding hydrogens is 225 g/mol. The molecule has 0 spiro atoms. The molecule has 0 unspecified atom stereocenters. The highest BCUT2D eigenvalue weighted by Gasteiger charge is 2.37. The van der Waals surface area contributed by atoms with Crippen LogP contribution in [-0.2, 0) is 6.18 Å². The lowest BCUT2D eigenvalue weighted by Gasteiger charge is -2.07. The molecule has 1 aromatic rings. The van der Waals surface area contributed by atoms with Crippen LogP contribution in [0.4, 0.5) is 13.2 Å². The van der Waals surface area contributed by atoms with Gasteiger partial charge in [-0.1, -0.05) is 0 Å². The van der Waals surface area contributed by atoms with Crippen LogP contribution in [0.1, 0.15) is 22.5 Å². The van der Waals surface area contributed by atoms with Crippen molar-refractivity contribution in [3.63, 3.8) is 0 Å². The van der Waals surface area contributed by atoms with E-state index in [9.17, 15) is 18.0 Å². The van der Waals surface area contributed by atoms with Crippen molar-refractivity contribution in [2.24, 2.45) is 5.73 Å². The smallest absolute Gasteiger partial charge is 0.352 e. The van der Waals surface area contributed by atoms with E-state index in [2.05, 4.69) is 10.4 Å². The Morgan fingerprint density at radius 2 is 2.25 bits per heavy atom.